The van der Waals surface area contributed by atoms with Crippen LogP contribution in [-0.2, 0) is 39.9 Å². The first kappa shape index (κ1) is 35.9. The summed E-state index contributed by atoms with van der Waals surface area (Å²) in [7, 11) is 1.23. The number of aliphatic carboxylic acids is 1. The molecule has 15 heteroatoms. The third-order valence-corrected chi connectivity index (χ3v) is 8.64. The number of methoxy groups -OCH3 is 1. The minimum atomic E-state index is -1.56. The van der Waals surface area contributed by atoms with E-state index in [1.807, 2.05) is 13.8 Å². The highest BCUT2D eigenvalue weighted by atomic mass is 16.5. The number of carbonyl (C=O) groups is 7. The standard InChI is InChI=1S/C33H44N6O9/c1-17(2)13-21-28(42)34-22(14-19-16-39(33(47)48-5)24-10-7-6-9-20(19)24)29(43)36-23(15-26(40)41)32(46)38-12-8-11-25(38)30(44)37-27(18(3)4)31(45)35-21/h6-7,9-10,16-18,21-23,25,27H,8,11-15H2,1-5H3,(H,34,42)(H,35,45)(H,36,43)(H,37,44)(H,40,41). The summed E-state index contributed by atoms with van der Waals surface area (Å²) in [6.07, 6.45) is 0.793. The Morgan fingerprint density at radius 2 is 1.54 bits per heavy atom. The predicted octanol–water partition coefficient (Wildman–Crippen LogP) is 0.919. The van der Waals surface area contributed by atoms with Crippen LogP contribution < -0.4 is 21.3 Å². The van der Waals surface area contributed by atoms with Gasteiger partial charge in [0, 0.05) is 24.5 Å². The maximum atomic E-state index is 14.0. The topological polar surface area (TPSA) is 205 Å². The van der Waals surface area contributed by atoms with Gasteiger partial charge in [0.2, 0.25) is 29.5 Å². The molecular weight excluding hydrogens is 624 g/mol. The fraction of sp³-hybridized carbons (Fsp3) is 0.545. The minimum Gasteiger partial charge on any atom is -0.481 e. The zero-order chi connectivity index (χ0) is 35.3. The summed E-state index contributed by atoms with van der Waals surface area (Å²) in [4.78, 5) is 94.5. The van der Waals surface area contributed by atoms with E-state index in [0.29, 0.717) is 22.9 Å². The van der Waals surface area contributed by atoms with Crippen LogP contribution in [-0.4, -0.2) is 100 Å². The third-order valence-electron chi connectivity index (χ3n) is 8.64. The number of carboxylic acids is 1. The van der Waals surface area contributed by atoms with E-state index in [1.54, 1.807) is 38.1 Å². The second-order valence-corrected chi connectivity index (χ2v) is 13.0. The molecule has 0 radical (unpaired) electrons. The van der Waals surface area contributed by atoms with Crippen molar-refractivity contribution in [3.05, 3.63) is 36.0 Å². The zero-order valence-electron chi connectivity index (χ0n) is 27.8. The van der Waals surface area contributed by atoms with Gasteiger partial charge < -0.3 is 36.0 Å². The summed E-state index contributed by atoms with van der Waals surface area (Å²) in [6, 6.07) is 0.820. The quantitative estimate of drug-likeness (QED) is 0.284. The van der Waals surface area contributed by atoms with Crippen molar-refractivity contribution in [1.29, 1.82) is 0 Å². The van der Waals surface area contributed by atoms with Gasteiger partial charge in [-0.15, -0.1) is 0 Å². The molecule has 1 aromatic carbocycles. The molecule has 1 aromatic heterocycles. The molecule has 48 heavy (non-hydrogen) atoms. The van der Waals surface area contributed by atoms with Crippen LogP contribution in [0.4, 0.5) is 4.79 Å². The molecule has 5 unspecified atom stereocenters. The molecule has 2 aromatic rings. The fourth-order valence-electron chi connectivity index (χ4n) is 6.26. The Morgan fingerprint density at radius 3 is 2.19 bits per heavy atom. The van der Waals surface area contributed by atoms with E-state index >= 15 is 0 Å². The van der Waals surface area contributed by atoms with Gasteiger partial charge in [0.25, 0.3) is 0 Å². The molecule has 5 amide bonds. The third kappa shape index (κ3) is 8.12. The van der Waals surface area contributed by atoms with Crippen molar-refractivity contribution < 1.29 is 43.4 Å². The van der Waals surface area contributed by atoms with E-state index in [1.165, 1.54) is 22.8 Å². The average molecular weight is 669 g/mol. The Labute approximate surface area is 278 Å². The molecular formula is C33H44N6O9. The number of carbonyl (C=O) groups excluding carboxylic acids is 6. The first-order chi connectivity index (χ1) is 22.7. The first-order valence-electron chi connectivity index (χ1n) is 16.1. The number of nitrogens with one attached hydrogen (secondary N) is 4. The number of para-hydroxylation sites is 1. The van der Waals surface area contributed by atoms with E-state index in [2.05, 4.69) is 21.3 Å². The van der Waals surface area contributed by atoms with Crippen LogP contribution in [0.1, 0.15) is 58.9 Å². The highest BCUT2D eigenvalue weighted by Crippen LogP contribution is 2.24. The molecule has 4 rings (SSSR count). The van der Waals surface area contributed by atoms with Crippen molar-refractivity contribution in [2.24, 2.45) is 11.8 Å². The van der Waals surface area contributed by atoms with Crippen molar-refractivity contribution in [3.8, 4) is 0 Å². The summed E-state index contributed by atoms with van der Waals surface area (Å²) in [5, 5.41) is 21.0. The molecule has 0 spiro atoms. The van der Waals surface area contributed by atoms with Gasteiger partial charge in [0.05, 0.1) is 19.0 Å². The highest BCUT2D eigenvalue weighted by molar-refractivity contribution is 5.99. The van der Waals surface area contributed by atoms with Crippen molar-refractivity contribution in [3.63, 3.8) is 0 Å². The van der Waals surface area contributed by atoms with E-state index in [9.17, 15) is 38.7 Å². The number of carboxylic acid groups (broad SMARTS) is 1. The van der Waals surface area contributed by atoms with E-state index < -0.39 is 78.2 Å². The van der Waals surface area contributed by atoms with Crippen molar-refractivity contribution in [2.75, 3.05) is 13.7 Å². The molecule has 2 fully saturated rings. The summed E-state index contributed by atoms with van der Waals surface area (Å²) >= 11 is 0. The summed E-state index contributed by atoms with van der Waals surface area (Å²) in [5.41, 5.74) is 0.971. The van der Waals surface area contributed by atoms with Crippen molar-refractivity contribution >= 4 is 52.5 Å². The van der Waals surface area contributed by atoms with Gasteiger partial charge in [-0.1, -0.05) is 45.9 Å². The number of ether oxygens (including phenoxy) is 1. The second kappa shape index (κ2) is 15.3. The molecule has 2 aliphatic heterocycles. The lowest BCUT2D eigenvalue weighted by Crippen LogP contribution is -2.59. The zero-order valence-corrected chi connectivity index (χ0v) is 27.8. The van der Waals surface area contributed by atoms with Crippen LogP contribution in [0.15, 0.2) is 30.5 Å². The fourth-order valence-corrected chi connectivity index (χ4v) is 6.26. The first-order valence-corrected chi connectivity index (χ1v) is 16.1. The van der Waals surface area contributed by atoms with Crippen LogP contribution in [0.5, 0.6) is 0 Å². The maximum absolute atomic E-state index is 14.0. The van der Waals surface area contributed by atoms with Gasteiger partial charge in [-0.05, 0) is 42.7 Å². The van der Waals surface area contributed by atoms with E-state index in [-0.39, 0.29) is 37.6 Å². The Hall–Kier alpha value is -4.95. The molecule has 15 nitrogen and oxygen atoms in total. The second-order valence-electron chi connectivity index (χ2n) is 13.0. The van der Waals surface area contributed by atoms with Crippen LogP contribution in [0.2, 0.25) is 0 Å². The molecule has 260 valence electrons. The van der Waals surface area contributed by atoms with Gasteiger partial charge >= 0.3 is 12.1 Å². The number of nitrogens with zero attached hydrogens (tertiary/aromatic N) is 2. The molecule has 0 saturated carbocycles. The number of aromatic nitrogens is 1. The maximum Gasteiger partial charge on any atom is 0.418 e. The predicted molar refractivity (Wildman–Crippen MR) is 172 cm³/mol. The minimum absolute atomic E-state index is 0.0647. The van der Waals surface area contributed by atoms with Crippen LogP contribution in [0, 0.1) is 11.8 Å². The van der Waals surface area contributed by atoms with Gasteiger partial charge in [-0.25, -0.2) is 4.79 Å². The monoisotopic (exact) mass is 668 g/mol. The lowest BCUT2D eigenvalue weighted by molar-refractivity contribution is -0.146. The normalized spacial score (nSPS) is 24.4. The smallest absolute Gasteiger partial charge is 0.418 e. The molecule has 3 heterocycles. The van der Waals surface area contributed by atoms with Crippen LogP contribution >= 0.6 is 0 Å². The van der Waals surface area contributed by atoms with E-state index in [4.69, 9.17) is 4.74 Å². The van der Waals surface area contributed by atoms with Crippen molar-refractivity contribution in [2.45, 2.75) is 90.0 Å². The van der Waals surface area contributed by atoms with Gasteiger partial charge in [0.1, 0.15) is 30.2 Å². The number of amides is 5. The molecule has 2 aliphatic rings. The molecule has 5 N–H and O–H groups in total. The highest BCUT2D eigenvalue weighted by Gasteiger charge is 2.41. The summed E-state index contributed by atoms with van der Waals surface area (Å²) < 4.78 is 6.17. The van der Waals surface area contributed by atoms with E-state index in [0.717, 1.165) is 0 Å². The Balaban J connectivity index is 1.81. The number of fused-ring (bicyclic) bond motifs is 2. The van der Waals surface area contributed by atoms with Crippen LogP contribution in [0.25, 0.3) is 10.9 Å². The molecule has 0 aliphatic carbocycles. The largest absolute Gasteiger partial charge is 0.481 e. The Bertz CT molecular complexity index is 1580. The summed E-state index contributed by atoms with van der Waals surface area (Å²) in [5.74, 6) is -5.33. The van der Waals surface area contributed by atoms with Gasteiger partial charge in [-0.2, -0.15) is 0 Å². The Kier molecular flexibility index (Phi) is 11.4. The molecule has 5 atom stereocenters. The van der Waals surface area contributed by atoms with Crippen molar-refractivity contribution in [1.82, 2.24) is 30.7 Å². The summed E-state index contributed by atoms with van der Waals surface area (Å²) in [6.45, 7) is 7.34. The lowest BCUT2D eigenvalue weighted by Gasteiger charge is -2.30. The Morgan fingerprint density at radius 1 is 0.896 bits per heavy atom. The number of rotatable bonds is 7. The van der Waals surface area contributed by atoms with Gasteiger partial charge in [-0.3, -0.25) is 33.3 Å². The average Bonchev–Trinajstić information content (AvgIpc) is 3.66. The lowest BCUT2D eigenvalue weighted by atomic mass is 9.98. The molecule has 2 saturated heterocycles. The molecule has 0 bridgehead atoms. The number of hydrogen-bond acceptors (Lipinski definition) is 8. The number of hydrogen-bond donors (Lipinski definition) is 5. The number of benzene rings is 1. The van der Waals surface area contributed by atoms with Gasteiger partial charge in [0.15, 0.2) is 0 Å². The SMILES string of the molecule is COC(=O)n1cc(CC2NC(=O)C(CC(C)C)NC(=O)C(C(C)C)NC(=O)C3CCCN3C(=O)C(CC(=O)O)NC2=O)c2ccccc21. The van der Waals surface area contributed by atoms with Crippen LogP contribution in [0.3, 0.4) is 0 Å².